The second-order valence-corrected chi connectivity index (χ2v) is 6.93. The van der Waals surface area contributed by atoms with E-state index in [2.05, 4.69) is 24.1 Å². The molecule has 118 valence electrons. The molecule has 2 aliphatic carbocycles. The highest BCUT2D eigenvalue weighted by Crippen LogP contribution is 2.35. The first-order chi connectivity index (χ1) is 9.60. The fraction of sp³-hybridized carbons (Fsp3) is 1.00. The maximum absolute atomic E-state index is 9.93. The molecule has 2 fully saturated rings. The summed E-state index contributed by atoms with van der Waals surface area (Å²) in [6.07, 6.45) is 7.21. The lowest BCUT2D eigenvalue weighted by atomic mass is 9.78. The second-order valence-electron chi connectivity index (χ2n) is 6.93. The normalized spacial score (nSPS) is 31.2. The Labute approximate surface area is 123 Å². The smallest absolute Gasteiger partial charge is 0.0613 e. The van der Waals surface area contributed by atoms with Gasteiger partial charge in [0.15, 0.2) is 0 Å². The Morgan fingerprint density at radius 3 is 2.65 bits per heavy atom. The van der Waals surface area contributed by atoms with E-state index in [4.69, 9.17) is 4.74 Å². The predicted octanol–water partition coefficient (Wildman–Crippen LogP) is 1.77. The zero-order valence-corrected chi connectivity index (χ0v) is 13.4. The van der Waals surface area contributed by atoms with Gasteiger partial charge in [-0.3, -0.25) is 4.90 Å². The van der Waals surface area contributed by atoms with E-state index in [1.165, 1.54) is 25.7 Å². The lowest BCUT2D eigenvalue weighted by Crippen LogP contribution is -2.57. The van der Waals surface area contributed by atoms with Gasteiger partial charge in [-0.05, 0) is 52.4 Å². The minimum Gasteiger partial charge on any atom is -0.394 e. The Balaban J connectivity index is 1.98. The molecule has 0 aliphatic heterocycles. The van der Waals surface area contributed by atoms with Gasteiger partial charge in [-0.1, -0.05) is 0 Å². The first-order valence-corrected chi connectivity index (χ1v) is 8.23. The van der Waals surface area contributed by atoms with Gasteiger partial charge in [-0.15, -0.1) is 0 Å². The number of aliphatic hydroxyl groups is 1. The average molecular weight is 284 g/mol. The van der Waals surface area contributed by atoms with Crippen LogP contribution in [0.4, 0.5) is 0 Å². The Morgan fingerprint density at radius 1 is 1.35 bits per heavy atom. The molecule has 0 aromatic rings. The number of methoxy groups -OCH3 is 1. The maximum Gasteiger partial charge on any atom is 0.0613 e. The fourth-order valence-electron chi connectivity index (χ4n) is 3.65. The van der Waals surface area contributed by atoms with E-state index < -0.39 is 0 Å². The number of hydrogen-bond donors (Lipinski definition) is 2. The Bertz CT molecular complexity index is 294. The van der Waals surface area contributed by atoms with Crippen LogP contribution in [-0.2, 0) is 4.74 Å². The summed E-state index contributed by atoms with van der Waals surface area (Å²) in [5.74, 6) is 0. The lowest BCUT2D eigenvalue weighted by molar-refractivity contribution is 0.0303. The molecule has 2 atom stereocenters. The molecule has 20 heavy (non-hydrogen) atoms. The van der Waals surface area contributed by atoms with Crippen LogP contribution in [0.15, 0.2) is 0 Å². The molecule has 0 bridgehead atoms. The van der Waals surface area contributed by atoms with Crippen LogP contribution in [-0.4, -0.2) is 60.5 Å². The van der Waals surface area contributed by atoms with Crippen molar-refractivity contribution in [2.75, 3.05) is 26.9 Å². The van der Waals surface area contributed by atoms with Gasteiger partial charge in [-0.25, -0.2) is 0 Å². The molecular formula is C16H32N2O2. The number of ether oxygens (including phenoxy) is 1. The van der Waals surface area contributed by atoms with Crippen molar-refractivity contribution in [2.24, 2.45) is 0 Å². The molecule has 0 aromatic carbocycles. The summed E-state index contributed by atoms with van der Waals surface area (Å²) in [4.78, 5) is 2.56. The summed E-state index contributed by atoms with van der Waals surface area (Å²) >= 11 is 0. The molecule has 2 rings (SSSR count). The van der Waals surface area contributed by atoms with Crippen molar-refractivity contribution in [3.8, 4) is 0 Å². The number of rotatable bonds is 8. The molecule has 4 nitrogen and oxygen atoms in total. The highest BCUT2D eigenvalue weighted by Gasteiger charge is 2.41. The molecule has 2 saturated carbocycles. The number of hydrogen-bond acceptors (Lipinski definition) is 4. The van der Waals surface area contributed by atoms with Gasteiger partial charge in [-0.2, -0.15) is 0 Å². The summed E-state index contributed by atoms with van der Waals surface area (Å²) in [6.45, 7) is 6.58. The molecule has 2 unspecified atom stereocenters. The van der Waals surface area contributed by atoms with Crippen molar-refractivity contribution in [1.29, 1.82) is 0 Å². The monoisotopic (exact) mass is 284 g/mol. The third-order valence-corrected chi connectivity index (χ3v) is 4.90. The molecule has 0 radical (unpaired) electrons. The Morgan fingerprint density at radius 2 is 2.10 bits per heavy atom. The van der Waals surface area contributed by atoms with Crippen molar-refractivity contribution >= 4 is 0 Å². The lowest BCUT2D eigenvalue weighted by Gasteiger charge is -2.46. The summed E-state index contributed by atoms with van der Waals surface area (Å²) in [5, 5.41) is 13.7. The highest BCUT2D eigenvalue weighted by atomic mass is 16.5. The summed E-state index contributed by atoms with van der Waals surface area (Å²) in [7, 11) is 1.77. The first-order valence-electron chi connectivity index (χ1n) is 8.23. The van der Waals surface area contributed by atoms with Crippen LogP contribution in [0.3, 0.4) is 0 Å². The van der Waals surface area contributed by atoms with E-state index in [-0.39, 0.29) is 12.1 Å². The van der Waals surface area contributed by atoms with E-state index >= 15 is 0 Å². The average Bonchev–Trinajstić information content (AvgIpc) is 3.23. The van der Waals surface area contributed by atoms with E-state index in [1.807, 2.05) is 0 Å². The van der Waals surface area contributed by atoms with Gasteiger partial charge in [0.25, 0.3) is 0 Å². The molecule has 0 amide bonds. The first kappa shape index (κ1) is 16.2. The number of nitrogens with one attached hydrogen (secondary N) is 1. The van der Waals surface area contributed by atoms with Crippen LogP contribution in [0.5, 0.6) is 0 Å². The highest BCUT2D eigenvalue weighted by molar-refractivity contribution is 5.01. The molecule has 0 saturated heterocycles. The van der Waals surface area contributed by atoms with E-state index in [0.717, 1.165) is 26.0 Å². The third kappa shape index (κ3) is 4.17. The molecule has 2 N–H and O–H groups in total. The zero-order valence-electron chi connectivity index (χ0n) is 13.4. The number of nitrogens with zero attached hydrogens (tertiary/aromatic N) is 1. The van der Waals surface area contributed by atoms with Gasteiger partial charge in [0.1, 0.15) is 0 Å². The summed E-state index contributed by atoms with van der Waals surface area (Å²) in [6, 6.07) is 1.76. The van der Waals surface area contributed by atoms with Crippen molar-refractivity contribution in [3.63, 3.8) is 0 Å². The van der Waals surface area contributed by atoms with Crippen LogP contribution in [0, 0.1) is 0 Å². The number of aliphatic hydroxyl groups excluding tert-OH is 1. The molecule has 0 spiro atoms. The summed E-state index contributed by atoms with van der Waals surface area (Å²) < 4.78 is 5.26. The van der Waals surface area contributed by atoms with Crippen LogP contribution in [0.2, 0.25) is 0 Å². The molecular weight excluding hydrogens is 252 g/mol. The second kappa shape index (κ2) is 7.21. The van der Waals surface area contributed by atoms with E-state index in [1.54, 1.807) is 7.11 Å². The van der Waals surface area contributed by atoms with E-state index in [0.29, 0.717) is 18.1 Å². The van der Waals surface area contributed by atoms with Gasteiger partial charge >= 0.3 is 0 Å². The van der Waals surface area contributed by atoms with Crippen LogP contribution >= 0.6 is 0 Å². The minimum atomic E-state index is -0.0374. The molecule has 0 heterocycles. The third-order valence-electron chi connectivity index (χ3n) is 4.90. The van der Waals surface area contributed by atoms with E-state index in [9.17, 15) is 5.11 Å². The quantitative estimate of drug-likeness (QED) is 0.713. The zero-order chi connectivity index (χ0) is 14.6. The Hall–Kier alpha value is -0.160. The molecule has 4 heteroatoms. The fourth-order valence-corrected chi connectivity index (χ4v) is 3.65. The SMILES string of the molecule is COCCN(C(C)C)C1CCCC(CO)(NC2CC2)C1. The van der Waals surface area contributed by atoms with Gasteiger partial charge in [0, 0.05) is 37.3 Å². The van der Waals surface area contributed by atoms with Gasteiger partial charge in [0.05, 0.1) is 13.2 Å². The standard InChI is InChI=1S/C16H32N2O2/c1-13(2)18(9-10-20-3)15-5-4-8-16(11-15,12-19)17-14-6-7-14/h13-15,17,19H,4-12H2,1-3H3. The van der Waals surface area contributed by atoms with Crippen LogP contribution in [0.1, 0.15) is 52.4 Å². The largest absolute Gasteiger partial charge is 0.394 e. The summed E-state index contributed by atoms with van der Waals surface area (Å²) in [5.41, 5.74) is -0.0374. The van der Waals surface area contributed by atoms with Crippen molar-refractivity contribution in [3.05, 3.63) is 0 Å². The predicted molar refractivity (Wildman–Crippen MR) is 81.9 cm³/mol. The van der Waals surface area contributed by atoms with Crippen molar-refractivity contribution in [1.82, 2.24) is 10.2 Å². The molecule has 2 aliphatic rings. The van der Waals surface area contributed by atoms with Gasteiger partial charge in [0.2, 0.25) is 0 Å². The van der Waals surface area contributed by atoms with Crippen LogP contribution < -0.4 is 5.32 Å². The Kier molecular flexibility index (Phi) is 5.84. The topological polar surface area (TPSA) is 44.7 Å². The maximum atomic E-state index is 9.93. The van der Waals surface area contributed by atoms with Crippen LogP contribution in [0.25, 0.3) is 0 Å². The van der Waals surface area contributed by atoms with Gasteiger partial charge < -0.3 is 15.2 Å². The van der Waals surface area contributed by atoms with Crippen molar-refractivity contribution in [2.45, 2.75) is 76.0 Å². The molecule has 0 aromatic heterocycles. The van der Waals surface area contributed by atoms with Crippen molar-refractivity contribution < 1.29 is 9.84 Å². The minimum absolute atomic E-state index is 0.0374.